The van der Waals surface area contributed by atoms with E-state index >= 15 is 0 Å². The van der Waals surface area contributed by atoms with Crippen LogP contribution in [-0.2, 0) is 6.18 Å². The minimum atomic E-state index is -4.56. The van der Waals surface area contributed by atoms with Crippen LogP contribution in [-0.4, -0.2) is 17.8 Å². The molecule has 1 aromatic carbocycles. The number of halogens is 3. The van der Waals surface area contributed by atoms with Crippen molar-refractivity contribution in [3.05, 3.63) is 29.3 Å². The van der Waals surface area contributed by atoms with Crippen LogP contribution in [0.5, 0.6) is 0 Å². The minimum absolute atomic E-state index is 0.193. The van der Waals surface area contributed by atoms with E-state index in [0.29, 0.717) is 0 Å². The third-order valence-electron chi connectivity index (χ3n) is 2.13. The number of aliphatic hydroxyl groups is 1. The number of nitrogens with zero attached hydrogens (tertiary/aromatic N) is 1. The average Bonchev–Trinajstić information content (AvgIpc) is 2.27. The Morgan fingerprint density at radius 2 is 2.12 bits per heavy atom. The Hall–Kier alpha value is -1.74. The molecule has 1 unspecified atom stereocenters. The molecule has 0 spiro atoms. The van der Waals surface area contributed by atoms with Gasteiger partial charge in [-0.25, -0.2) is 0 Å². The van der Waals surface area contributed by atoms with Gasteiger partial charge in [-0.1, -0.05) is 0 Å². The fraction of sp³-hybridized carbons (Fsp3) is 0.364. The Balaban J connectivity index is 3.11. The van der Waals surface area contributed by atoms with Crippen LogP contribution in [0.15, 0.2) is 18.2 Å². The highest BCUT2D eigenvalue weighted by Gasteiger charge is 2.33. The first-order valence-corrected chi connectivity index (χ1v) is 4.87. The third-order valence-corrected chi connectivity index (χ3v) is 2.13. The number of benzene rings is 1. The van der Waals surface area contributed by atoms with Crippen molar-refractivity contribution in [2.75, 3.05) is 11.9 Å². The number of rotatable bonds is 3. The van der Waals surface area contributed by atoms with Crippen molar-refractivity contribution in [2.24, 2.45) is 0 Å². The van der Waals surface area contributed by atoms with E-state index in [1.54, 1.807) is 6.92 Å². The lowest BCUT2D eigenvalue weighted by Gasteiger charge is -2.15. The second-order valence-electron chi connectivity index (χ2n) is 3.60. The number of nitriles is 1. The van der Waals surface area contributed by atoms with Gasteiger partial charge in [0.15, 0.2) is 0 Å². The van der Waals surface area contributed by atoms with Gasteiger partial charge < -0.3 is 10.4 Å². The smallest absolute Gasteiger partial charge is 0.394 e. The molecule has 0 aliphatic carbocycles. The van der Waals surface area contributed by atoms with E-state index in [-0.39, 0.29) is 18.3 Å². The maximum absolute atomic E-state index is 12.6. The zero-order valence-electron chi connectivity index (χ0n) is 9.04. The first-order valence-electron chi connectivity index (χ1n) is 4.87. The van der Waals surface area contributed by atoms with E-state index in [0.717, 1.165) is 12.1 Å². The summed E-state index contributed by atoms with van der Waals surface area (Å²) >= 11 is 0. The molecule has 92 valence electrons. The summed E-state index contributed by atoms with van der Waals surface area (Å²) in [7, 11) is 0. The van der Waals surface area contributed by atoms with E-state index in [4.69, 9.17) is 10.4 Å². The maximum Gasteiger partial charge on any atom is 0.417 e. The molecule has 17 heavy (non-hydrogen) atoms. The van der Waals surface area contributed by atoms with Crippen LogP contribution in [0.3, 0.4) is 0 Å². The molecule has 6 heteroatoms. The zero-order valence-corrected chi connectivity index (χ0v) is 9.04. The van der Waals surface area contributed by atoms with Crippen molar-refractivity contribution in [2.45, 2.75) is 19.1 Å². The molecule has 0 fully saturated rings. The Bertz CT molecular complexity index is 437. The van der Waals surface area contributed by atoms with Crippen LogP contribution in [0.1, 0.15) is 18.1 Å². The van der Waals surface area contributed by atoms with Gasteiger partial charge in [-0.15, -0.1) is 0 Å². The van der Waals surface area contributed by atoms with Gasteiger partial charge in [-0.05, 0) is 25.1 Å². The lowest BCUT2D eigenvalue weighted by atomic mass is 10.1. The van der Waals surface area contributed by atoms with E-state index in [9.17, 15) is 13.2 Å². The van der Waals surface area contributed by atoms with Gasteiger partial charge in [0.2, 0.25) is 0 Å². The van der Waals surface area contributed by atoms with Crippen molar-refractivity contribution in [1.29, 1.82) is 5.26 Å². The van der Waals surface area contributed by atoms with Crippen molar-refractivity contribution in [3.8, 4) is 6.07 Å². The van der Waals surface area contributed by atoms with Crippen LogP contribution in [0.25, 0.3) is 0 Å². The van der Waals surface area contributed by atoms with Gasteiger partial charge in [0, 0.05) is 11.7 Å². The summed E-state index contributed by atoms with van der Waals surface area (Å²) in [6, 6.07) is 4.49. The van der Waals surface area contributed by atoms with Crippen molar-refractivity contribution in [1.82, 2.24) is 0 Å². The number of alkyl halides is 3. The van der Waals surface area contributed by atoms with Gasteiger partial charge in [0.1, 0.15) is 0 Å². The first-order chi connectivity index (χ1) is 7.88. The van der Waals surface area contributed by atoms with Crippen LogP contribution < -0.4 is 5.32 Å². The molecule has 0 aromatic heterocycles. The molecule has 1 rings (SSSR count). The van der Waals surface area contributed by atoms with Gasteiger partial charge in [0.25, 0.3) is 0 Å². The molecule has 0 saturated heterocycles. The van der Waals surface area contributed by atoms with Crippen molar-refractivity contribution < 1.29 is 18.3 Å². The number of nitrogens with one attached hydrogen (secondary N) is 1. The zero-order chi connectivity index (χ0) is 13.1. The SMILES string of the molecule is CC(CO)Nc1ccc(C#N)c(C(F)(F)F)c1. The molecule has 1 aromatic rings. The highest BCUT2D eigenvalue weighted by molar-refractivity contribution is 5.53. The van der Waals surface area contributed by atoms with E-state index in [1.165, 1.54) is 12.1 Å². The summed E-state index contributed by atoms with van der Waals surface area (Å²) < 4.78 is 37.8. The molecule has 0 amide bonds. The lowest BCUT2D eigenvalue weighted by molar-refractivity contribution is -0.137. The number of aliphatic hydroxyl groups excluding tert-OH is 1. The van der Waals surface area contributed by atoms with Crippen LogP contribution >= 0.6 is 0 Å². The Kier molecular flexibility index (Phi) is 3.97. The predicted molar refractivity (Wildman–Crippen MR) is 56.3 cm³/mol. The molecule has 0 saturated carbocycles. The number of hydrogen-bond donors (Lipinski definition) is 2. The maximum atomic E-state index is 12.6. The molecule has 0 aliphatic heterocycles. The largest absolute Gasteiger partial charge is 0.417 e. The monoisotopic (exact) mass is 244 g/mol. The van der Waals surface area contributed by atoms with Crippen LogP contribution in [0, 0.1) is 11.3 Å². The second-order valence-corrected chi connectivity index (χ2v) is 3.60. The first kappa shape index (κ1) is 13.3. The highest BCUT2D eigenvalue weighted by Crippen LogP contribution is 2.33. The van der Waals surface area contributed by atoms with Gasteiger partial charge in [-0.2, -0.15) is 18.4 Å². The summed E-state index contributed by atoms with van der Waals surface area (Å²) in [6.45, 7) is 1.44. The molecule has 0 heterocycles. The van der Waals surface area contributed by atoms with Gasteiger partial charge in [-0.3, -0.25) is 0 Å². The summed E-state index contributed by atoms with van der Waals surface area (Å²) in [5.41, 5.74) is -1.17. The fourth-order valence-electron chi connectivity index (χ4n) is 1.30. The average molecular weight is 244 g/mol. The Morgan fingerprint density at radius 3 is 2.59 bits per heavy atom. The predicted octanol–water partition coefficient (Wildman–Crippen LogP) is 2.37. The summed E-state index contributed by atoms with van der Waals surface area (Å²) in [5, 5.41) is 20.1. The molecular formula is C11H11F3N2O. The quantitative estimate of drug-likeness (QED) is 0.858. The standard InChI is InChI=1S/C11H11F3N2O/c1-7(6-17)16-9-3-2-8(5-15)10(4-9)11(12,13)14/h2-4,7,16-17H,6H2,1H3. The molecular weight excluding hydrogens is 233 g/mol. The van der Waals surface area contributed by atoms with E-state index in [2.05, 4.69) is 5.32 Å². The molecule has 3 nitrogen and oxygen atoms in total. The third kappa shape index (κ3) is 3.36. The van der Waals surface area contributed by atoms with E-state index in [1.807, 2.05) is 0 Å². The summed E-state index contributed by atoms with van der Waals surface area (Å²) in [4.78, 5) is 0. The molecule has 1 atom stereocenters. The van der Waals surface area contributed by atoms with Gasteiger partial charge >= 0.3 is 6.18 Å². The van der Waals surface area contributed by atoms with Crippen LogP contribution in [0.2, 0.25) is 0 Å². The lowest BCUT2D eigenvalue weighted by Crippen LogP contribution is -2.20. The number of hydrogen-bond acceptors (Lipinski definition) is 3. The molecule has 2 N–H and O–H groups in total. The Morgan fingerprint density at radius 1 is 1.47 bits per heavy atom. The Labute approximate surface area is 96.5 Å². The molecule has 0 radical (unpaired) electrons. The molecule has 0 bridgehead atoms. The van der Waals surface area contributed by atoms with E-state index < -0.39 is 17.3 Å². The van der Waals surface area contributed by atoms with Crippen molar-refractivity contribution in [3.63, 3.8) is 0 Å². The molecule has 0 aliphatic rings. The highest BCUT2D eigenvalue weighted by atomic mass is 19.4. The fourth-order valence-corrected chi connectivity index (χ4v) is 1.30. The second kappa shape index (κ2) is 5.06. The van der Waals surface area contributed by atoms with Gasteiger partial charge in [0.05, 0.1) is 23.8 Å². The normalized spacial score (nSPS) is 12.9. The summed E-state index contributed by atoms with van der Waals surface area (Å²) in [6.07, 6.45) is -4.56. The van der Waals surface area contributed by atoms with Crippen LogP contribution in [0.4, 0.5) is 18.9 Å². The summed E-state index contributed by atoms with van der Waals surface area (Å²) in [5.74, 6) is 0. The van der Waals surface area contributed by atoms with Crippen molar-refractivity contribution >= 4 is 5.69 Å². The minimum Gasteiger partial charge on any atom is -0.394 e. The number of anilines is 1. The topological polar surface area (TPSA) is 56.0 Å².